The lowest BCUT2D eigenvalue weighted by molar-refractivity contribution is 0.0900. The van der Waals surface area contributed by atoms with E-state index in [2.05, 4.69) is 4.98 Å². The van der Waals surface area contributed by atoms with Gasteiger partial charge in [-0.15, -0.1) is 0 Å². The van der Waals surface area contributed by atoms with Gasteiger partial charge >= 0.3 is 0 Å². The summed E-state index contributed by atoms with van der Waals surface area (Å²) in [5.74, 6) is 0.863. The summed E-state index contributed by atoms with van der Waals surface area (Å²) in [7, 11) is 0. The van der Waals surface area contributed by atoms with E-state index < -0.39 is 0 Å². The third kappa shape index (κ3) is 2.80. The molecule has 0 saturated heterocycles. The number of thioether (sulfide) groups is 1. The number of para-hydroxylation sites is 2. The van der Waals surface area contributed by atoms with Gasteiger partial charge in [-0.05, 0) is 24.5 Å². The van der Waals surface area contributed by atoms with Crippen LogP contribution < -0.4 is 0 Å². The molecule has 0 aliphatic heterocycles. The predicted octanol–water partition coefficient (Wildman–Crippen LogP) is 4.82. The topological polar surface area (TPSA) is 73.3 Å². The van der Waals surface area contributed by atoms with Crippen molar-refractivity contribution in [1.82, 2.24) is 4.98 Å². The summed E-state index contributed by atoms with van der Waals surface area (Å²) < 4.78 is 11.4. The van der Waals surface area contributed by atoms with Crippen molar-refractivity contribution >= 4 is 33.8 Å². The number of hydrogen-bond donors (Lipinski definition) is 0. The molecule has 5 nitrogen and oxygen atoms in total. The van der Waals surface area contributed by atoms with Crippen LogP contribution in [0.15, 0.2) is 38.3 Å². The highest BCUT2D eigenvalue weighted by Crippen LogP contribution is 2.39. The van der Waals surface area contributed by atoms with E-state index >= 15 is 0 Å². The zero-order valence-electron chi connectivity index (χ0n) is 14.2. The van der Waals surface area contributed by atoms with Crippen LogP contribution in [0.1, 0.15) is 52.5 Å². The maximum absolute atomic E-state index is 12.7. The summed E-state index contributed by atoms with van der Waals surface area (Å²) in [4.78, 5) is 29.4. The average molecular weight is 355 g/mol. The smallest absolute Gasteiger partial charge is 0.264 e. The molecular formula is C19H17NO4S. The number of oxazole rings is 1. The molecule has 6 heteroatoms. The highest BCUT2D eigenvalue weighted by atomic mass is 32.2. The number of carbonyl (C=O) groups is 2. The van der Waals surface area contributed by atoms with Crippen LogP contribution in [0.5, 0.6) is 0 Å². The second-order valence-electron chi connectivity index (χ2n) is 7.13. The van der Waals surface area contributed by atoms with Gasteiger partial charge in [0.2, 0.25) is 0 Å². The molecule has 0 atom stereocenters. The molecular weight excluding hydrogens is 338 g/mol. The average Bonchev–Trinajstić information content (AvgIpc) is 3.06. The number of fused-ring (bicyclic) bond motifs is 2. The van der Waals surface area contributed by atoms with E-state index in [1.165, 1.54) is 0 Å². The van der Waals surface area contributed by atoms with Gasteiger partial charge in [-0.2, -0.15) is 0 Å². The Kier molecular flexibility index (Phi) is 3.61. The van der Waals surface area contributed by atoms with Crippen molar-refractivity contribution in [3.8, 4) is 0 Å². The van der Waals surface area contributed by atoms with Gasteiger partial charge in [0.1, 0.15) is 11.3 Å². The molecule has 1 aliphatic rings. The maximum atomic E-state index is 12.7. The molecule has 4 rings (SSSR count). The SMILES string of the molecule is Cc1c(C(=O)Sc2nc3ccccc3o2)oc2c1C(=O)CC(C)(C)C2. The maximum Gasteiger partial charge on any atom is 0.264 e. The summed E-state index contributed by atoms with van der Waals surface area (Å²) in [5, 5.41) is -0.0318. The first-order chi connectivity index (χ1) is 11.8. The Morgan fingerprint density at radius 2 is 1.96 bits per heavy atom. The van der Waals surface area contributed by atoms with Crippen LogP contribution >= 0.6 is 11.8 Å². The third-order valence-corrected chi connectivity index (χ3v) is 5.14. The van der Waals surface area contributed by atoms with E-state index in [1.54, 1.807) is 13.0 Å². The van der Waals surface area contributed by atoms with Gasteiger partial charge < -0.3 is 8.83 Å². The van der Waals surface area contributed by atoms with Gasteiger partial charge in [-0.25, -0.2) is 4.98 Å². The number of hydrogen-bond acceptors (Lipinski definition) is 6. The van der Waals surface area contributed by atoms with Crippen LogP contribution in [0.4, 0.5) is 0 Å². The first-order valence-electron chi connectivity index (χ1n) is 8.07. The van der Waals surface area contributed by atoms with Crippen molar-refractivity contribution in [2.24, 2.45) is 5.41 Å². The van der Waals surface area contributed by atoms with Gasteiger partial charge in [0.15, 0.2) is 17.1 Å². The lowest BCUT2D eigenvalue weighted by Crippen LogP contribution is -2.26. The monoisotopic (exact) mass is 355 g/mol. The molecule has 128 valence electrons. The van der Waals surface area contributed by atoms with Gasteiger partial charge in [0.25, 0.3) is 10.3 Å². The Hall–Kier alpha value is -2.34. The summed E-state index contributed by atoms with van der Waals surface area (Å²) in [6, 6.07) is 7.33. The lowest BCUT2D eigenvalue weighted by atomic mass is 9.76. The molecule has 1 aromatic carbocycles. The molecule has 25 heavy (non-hydrogen) atoms. The van der Waals surface area contributed by atoms with Crippen LogP contribution in [-0.4, -0.2) is 15.9 Å². The van der Waals surface area contributed by atoms with E-state index in [4.69, 9.17) is 8.83 Å². The molecule has 0 bridgehead atoms. The number of rotatable bonds is 2. The fourth-order valence-electron chi connectivity index (χ4n) is 3.30. The van der Waals surface area contributed by atoms with Gasteiger partial charge in [-0.3, -0.25) is 9.59 Å². The summed E-state index contributed by atoms with van der Waals surface area (Å²) >= 11 is 0.879. The Morgan fingerprint density at radius 1 is 1.20 bits per heavy atom. The normalized spacial score (nSPS) is 16.2. The Balaban J connectivity index is 1.66. The minimum absolute atomic E-state index is 0.0402. The second kappa shape index (κ2) is 5.59. The minimum atomic E-state index is -0.302. The van der Waals surface area contributed by atoms with E-state index in [0.29, 0.717) is 40.8 Å². The Morgan fingerprint density at radius 3 is 2.72 bits per heavy atom. The van der Waals surface area contributed by atoms with E-state index in [9.17, 15) is 9.59 Å². The third-order valence-electron chi connectivity index (χ3n) is 4.42. The highest BCUT2D eigenvalue weighted by molar-refractivity contribution is 8.13. The van der Waals surface area contributed by atoms with Crippen LogP contribution in [0.3, 0.4) is 0 Å². The predicted molar refractivity (Wildman–Crippen MR) is 94.1 cm³/mol. The first-order valence-corrected chi connectivity index (χ1v) is 8.89. The Bertz CT molecular complexity index is 979. The Labute approximate surface area is 148 Å². The fourth-order valence-corrected chi connectivity index (χ4v) is 4.02. The molecule has 3 aromatic rings. The van der Waals surface area contributed by atoms with Crippen LogP contribution in [-0.2, 0) is 6.42 Å². The number of nitrogens with zero attached hydrogens (tertiary/aromatic N) is 1. The van der Waals surface area contributed by atoms with Crippen molar-refractivity contribution in [3.05, 3.63) is 46.9 Å². The lowest BCUT2D eigenvalue weighted by Gasteiger charge is -2.27. The molecule has 0 N–H and O–H groups in total. The van der Waals surface area contributed by atoms with Crippen molar-refractivity contribution in [2.75, 3.05) is 0 Å². The fraction of sp³-hybridized carbons (Fsp3) is 0.316. The molecule has 1 aliphatic carbocycles. The number of Topliss-reactive ketones (excluding diaryl/α,β-unsaturated/α-hetero) is 1. The highest BCUT2D eigenvalue weighted by Gasteiger charge is 2.37. The van der Waals surface area contributed by atoms with Crippen LogP contribution in [0.2, 0.25) is 0 Å². The summed E-state index contributed by atoms with van der Waals surface area (Å²) in [5.41, 5.74) is 2.36. The molecule has 2 aromatic heterocycles. The summed E-state index contributed by atoms with van der Waals surface area (Å²) in [6.07, 6.45) is 1.11. The van der Waals surface area contributed by atoms with Gasteiger partial charge in [0, 0.05) is 30.2 Å². The van der Waals surface area contributed by atoms with Crippen molar-refractivity contribution in [3.63, 3.8) is 0 Å². The largest absolute Gasteiger partial charge is 0.456 e. The number of carbonyl (C=O) groups excluding carboxylic acids is 2. The molecule has 0 fully saturated rings. The number of ketones is 1. The van der Waals surface area contributed by atoms with Gasteiger partial charge in [0.05, 0.1) is 5.56 Å². The molecule has 0 saturated carbocycles. The quantitative estimate of drug-likeness (QED) is 0.614. The van der Waals surface area contributed by atoms with Gasteiger partial charge in [-0.1, -0.05) is 26.0 Å². The standard InChI is InChI=1S/C19H17NO4S/c1-10-15-12(21)8-19(2,3)9-14(15)23-16(10)17(22)25-18-20-11-6-4-5-7-13(11)24-18/h4-7H,8-9H2,1-3H3. The number of furan rings is 1. The first kappa shape index (κ1) is 16.1. The van der Waals surface area contributed by atoms with Crippen molar-refractivity contribution in [2.45, 2.75) is 38.8 Å². The van der Waals surface area contributed by atoms with Crippen molar-refractivity contribution in [1.29, 1.82) is 0 Å². The van der Waals surface area contributed by atoms with E-state index in [-0.39, 0.29) is 27.3 Å². The summed E-state index contributed by atoms with van der Waals surface area (Å²) in [6.45, 7) is 5.82. The van der Waals surface area contributed by atoms with Crippen molar-refractivity contribution < 1.29 is 18.4 Å². The molecule has 0 radical (unpaired) electrons. The second-order valence-corrected chi connectivity index (χ2v) is 8.06. The van der Waals surface area contributed by atoms with E-state index in [1.807, 2.05) is 32.0 Å². The number of benzene rings is 1. The molecule has 0 spiro atoms. The van der Waals surface area contributed by atoms with Crippen LogP contribution in [0.25, 0.3) is 11.1 Å². The minimum Gasteiger partial charge on any atom is -0.456 e. The number of aromatic nitrogens is 1. The zero-order valence-corrected chi connectivity index (χ0v) is 15.0. The molecule has 2 heterocycles. The van der Waals surface area contributed by atoms with Crippen LogP contribution in [0, 0.1) is 12.3 Å². The molecule has 0 unspecified atom stereocenters. The van der Waals surface area contributed by atoms with E-state index in [0.717, 1.165) is 11.8 Å². The molecule has 0 amide bonds. The zero-order chi connectivity index (χ0) is 17.8.